The van der Waals surface area contributed by atoms with Gasteiger partial charge in [0, 0.05) is 13.2 Å². The van der Waals surface area contributed by atoms with Gasteiger partial charge in [-0.25, -0.2) is 13.1 Å². The molecular formula is C14H21NO5S. The molecule has 21 heavy (non-hydrogen) atoms. The normalized spacial score (nSPS) is 18.7. The van der Waals surface area contributed by atoms with E-state index in [4.69, 9.17) is 14.2 Å². The molecule has 0 aromatic heterocycles. The summed E-state index contributed by atoms with van der Waals surface area (Å²) in [6.45, 7) is 1.41. The van der Waals surface area contributed by atoms with Crippen molar-refractivity contribution in [2.45, 2.75) is 13.0 Å². The number of benzene rings is 1. The molecule has 1 fully saturated rings. The van der Waals surface area contributed by atoms with Gasteiger partial charge in [-0.1, -0.05) is 6.07 Å². The highest BCUT2D eigenvalue weighted by atomic mass is 32.2. The number of rotatable bonds is 7. The third-order valence-electron chi connectivity index (χ3n) is 3.42. The molecule has 0 spiro atoms. The maximum atomic E-state index is 12.0. The van der Waals surface area contributed by atoms with Crippen molar-refractivity contribution in [2.24, 2.45) is 5.92 Å². The van der Waals surface area contributed by atoms with E-state index in [0.29, 0.717) is 24.7 Å². The summed E-state index contributed by atoms with van der Waals surface area (Å²) in [4.78, 5) is 0. The van der Waals surface area contributed by atoms with Gasteiger partial charge >= 0.3 is 0 Å². The van der Waals surface area contributed by atoms with Crippen LogP contribution in [0.2, 0.25) is 0 Å². The lowest BCUT2D eigenvalue weighted by atomic mass is 10.2. The summed E-state index contributed by atoms with van der Waals surface area (Å²) in [5.74, 6) is 1.40. The molecule has 118 valence electrons. The molecule has 1 aliphatic rings. The van der Waals surface area contributed by atoms with Gasteiger partial charge in [0.2, 0.25) is 10.0 Å². The Morgan fingerprint density at radius 2 is 2.05 bits per heavy atom. The van der Waals surface area contributed by atoms with Crippen LogP contribution in [0.5, 0.6) is 11.5 Å². The highest BCUT2D eigenvalue weighted by molar-refractivity contribution is 7.89. The monoisotopic (exact) mass is 315 g/mol. The fourth-order valence-corrected chi connectivity index (χ4v) is 3.66. The van der Waals surface area contributed by atoms with E-state index in [-0.39, 0.29) is 18.2 Å². The zero-order chi connectivity index (χ0) is 15.3. The van der Waals surface area contributed by atoms with Gasteiger partial charge in [-0.2, -0.15) is 0 Å². The van der Waals surface area contributed by atoms with Gasteiger partial charge in [0.05, 0.1) is 26.6 Å². The van der Waals surface area contributed by atoms with Crippen molar-refractivity contribution in [2.75, 3.05) is 33.2 Å². The standard InChI is InChI=1S/C14H21NO5S/c1-18-13-4-3-11(7-14(13)19-2)8-15-21(16,17)10-12-5-6-20-9-12/h3-4,7,12,15H,5-6,8-10H2,1-2H3/t12-/m1/s1. The fraction of sp³-hybridized carbons (Fsp3) is 0.571. The Morgan fingerprint density at radius 3 is 2.67 bits per heavy atom. The van der Waals surface area contributed by atoms with E-state index in [1.165, 1.54) is 0 Å². The van der Waals surface area contributed by atoms with Crippen molar-refractivity contribution in [3.05, 3.63) is 23.8 Å². The lowest BCUT2D eigenvalue weighted by Gasteiger charge is -2.12. The molecule has 2 rings (SSSR count). The van der Waals surface area contributed by atoms with Crippen LogP contribution in [0.25, 0.3) is 0 Å². The molecule has 1 aliphatic heterocycles. The summed E-state index contributed by atoms with van der Waals surface area (Å²) in [6, 6.07) is 5.33. The van der Waals surface area contributed by atoms with E-state index < -0.39 is 10.0 Å². The molecule has 0 unspecified atom stereocenters. The predicted octanol–water partition coefficient (Wildman–Crippen LogP) is 1.16. The Balaban J connectivity index is 1.95. The zero-order valence-electron chi connectivity index (χ0n) is 12.3. The fourth-order valence-electron chi connectivity index (χ4n) is 2.27. The van der Waals surface area contributed by atoms with Crippen LogP contribution in [0, 0.1) is 5.92 Å². The molecule has 0 amide bonds. The van der Waals surface area contributed by atoms with Crippen LogP contribution in [0.15, 0.2) is 18.2 Å². The van der Waals surface area contributed by atoms with Gasteiger partial charge in [0.1, 0.15) is 0 Å². The molecule has 6 nitrogen and oxygen atoms in total. The van der Waals surface area contributed by atoms with Crippen LogP contribution in [0.4, 0.5) is 0 Å². The van der Waals surface area contributed by atoms with Crippen LogP contribution in [0.1, 0.15) is 12.0 Å². The lowest BCUT2D eigenvalue weighted by Crippen LogP contribution is -2.29. The first-order valence-electron chi connectivity index (χ1n) is 6.80. The molecule has 1 heterocycles. The first-order valence-corrected chi connectivity index (χ1v) is 8.45. The number of sulfonamides is 1. The van der Waals surface area contributed by atoms with E-state index in [0.717, 1.165) is 12.0 Å². The molecule has 0 saturated carbocycles. The highest BCUT2D eigenvalue weighted by Gasteiger charge is 2.22. The average molecular weight is 315 g/mol. The number of hydrogen-bond acceptors (Lipinski definition) is 5. The molecule has 0 aliphatic carbocycles. The summed E-state index contributed by atoms with van der Waals surface area (Å²) in [5.41, 5.74) is 0.818. The maximum Gasteiger partial charge on any atom is 0.212 e. The third kappa shape index (κ3) is 4.59. The Bertz CT molecular complexity index is 567. The van der Waals surface area contributed by atoms with Gasteiger partial charge in [0.15, 0.2) is 11.5 Å². The second-order valence-corrected chi connectivity index (χ2v) is 6.87. The second kappa shape index (κ2) is 7.11. The van der Waals surface area contributed by atoms with Crippen molar-refractivity contribution in [3.63, 3.8) is 0 Å². The van der Waals surface area contributed by atoms with Gasteiger partial charge in [-0.3, -0.25) is 0 Å². The molecule has 0 bridgehead atoms. The van der Waals surface area contributed by atoms with Gasteiger partial charge in [-0.15, -0.1) is 0 Å². The topological polar surface area (TPSA) is 73.9 Å². The van der Waals surface area contributed by atoms with Crippen LogP contribution >= 0.6 is 0 Å². The third-order valence-corrected chi connectivity index (χ3v) is 4.92. The van der Waals surface area contributed by atoms with Crippen LogP contribution in [0.3, 0.4) is 0 Å². The Labute approximate surface area is 125 Å². The smallest absolute Gasteiger partial charge is 0.212 e. The summed E-state index contributed by atoms with van der Waals surface area (Å²) in [6.07, 6.45) is 0.803. The van der Waals surface area contributed by atoms with Crippen molar-refractivity contribution >= 4 is 10.0 Å². The molecule has 0 radical (unpaired) electrons. The lowest BCUT2D eigenvalue weighted by molar-refractivity contribution is 0.188. The number of ether oxygens (including phenoxy) is 3. The first kappa shape index (κ1) is 16.1. The molecule has 1 aromatic rings. The average Bonchev–Trinajstić information content (AvgIpc) is 2.97. The molecule has 7 heteroatoms. The number of nitrogens with one attached hydrogen (secondary N) is 1. The largest absolute Gasteiger partial charge is 0.493 e. The Kier molecular flexibility index (Phi) is 5.44. The van der Waals surface area contributed by atoms with Crippen molar-refractivity contribution in [1.29, 1.82) is 0 Å². The van der Waals surface area contributed by atoms with E-state index in [2.05, 4.69) is 4.72 Å². The predicted molar refractivity (Wildman–Crippen MR) is 79.1 cm³/mol. The van der Waals surface area contributed by atoms with Gasteiger partial charge < -0.3 is 14.2 Å². The van der Waals surface area contributed by atoms with Crippen molar-refractivity contribution in [1.82, 2.24) is 4.72 Å². The minimum absolute atomic E-state index is 0.0907. The minimum Gasteiger partial charge on any atom is -0.493 e. The number of hydrogen-bond donors (Lipinski definition) is 1. The van der Waals surface area contributed by atoms with Gasteiger partial charge in [-0.05, 0) is 30.0 Å². The van der Waals surface area contributed by atoms with Crippen LogP contribution in [-0.2, 0) is 21.3 Å². The van der Waals surface area contributed by atoms with Gasteiger partial charge in [0.25, 0.3) is 0 Å². The summed E-state index contributed by atoms with van der Waals surface area (Å²) >= 11 is 0. The van der Waals surface area contributed by atoms with Crippen LogP contribution in [-0.4, -0.2) is 41.6 Å². The molecule has 1 aromatic carbocycles. The van der Waals surface area contributed by atoms with E-state index in [1.807, 2.05) is 6.07 Å². The number of methoxy groups -OCH3 is 2. The van der Waals surface area contributed by atoms with E-state index in [1.54, 1.807) is 26.4 Å². The quantitative estimate of drug-likeness (QED) is 0.817. The van der Waals surface area contributed by atoms with Crippen molar-refractivity contribution < 1.29 is 22.6 Å². The molecular weight excluding hydrogens is 294 g/mol. The second-order valence-electron chi connectivity index (χ2n) is 5.02. The SMILES string of the molecule is COc1ccc(CNS(=O)(=O)C[C@@H]2CCOC2)cc1OC. The zero-order valence-corrected chi connectivity index (χ0v) is 13.1. The molecule has 1 saturated heterocycles. The summed E-state index contributed by atoms with van der Waals surface area (Å²) < 4.78 is 42.2. The first-order chi connectivity index (χ1) is 10.0. The minimum atomic E-state index is -3.30. The summed E-state index contributed by atoms with van der Waals surface area (Å²) in [7, 11) is -0.194. The summed E-state index contributed by atoms with van der Waals surface area (Å²) in [5, 5.41) is 0. The Hall–Kier alpha value is -1.31. The molecule has 1 atom stereocenters. The van der Waals surface area contributed by atoms with Crippen LogP contribution < -0.4 is 14.2 Å². The maximum absolute atomic E-state index is 12.0. The van der Waals surface area contributed by atoms with Crippen molar-refractivity contribution in [3.8, 4) is 11.5 Å². The molecule has 1 N–H and O–H groups in total. The van der Waals surface area contributed by atoms with E-state index >= 15 is 0 Å². The highest BCUT2D eigenvalue weighted by Crippen LogP contribution is 2.27. The Morgan fingerprint density at radius 1 is 1.29 bits per heavy atom. The van der Waals surface area contributed by atoms with E-state index in [9.17, 15) is 8.42 Å².